The number of halogens is 2. The Morgan fingerprint density at radius 2 is 1.89 bits per heavy atom. The van der Waals surface area contributed by atoms with Gasteiger partial charge in [-0.3, -0.25) is 4.79 Å². The molecule has 0 aromatic heterocycles. The minimum Gasteiger partial charge on any atom is -0.376 e. The zero-order chi connectivity index (χ0) is 13.0. The molecule has 18 heavy (non-hydrogen) atoms. The average molecular weight is 310 g/mol. The second-order valence-corrected chi connectivity index (χ2v) is 4.39. The Morgan fingerprint density at radius 3 is 2.61 bits per heavy atom. The van der Waals surface area contributed by atoms with Crippen LogP contribution in [0.1, 0.15) is 10.4 Å². The van der Waals surface area contributed by atoms with Crippen molar-refractivity contribution in [2.75, 3.05) is 0 Å². The molecule has 0 saturated heterocycles. The molecule has 0 aliphatic carbocycles. The van der Waals surface area contributed by atoms with Crippen molar-refractivity contribution >= 4 is 21.8 Å². The average Bonchev–Trinajstić information content (AvgIpc) is 2.40. The highest BCUT2D eigenvalue weighted by molar-refractivity contribution is 9.10. The molecule has 0 heterocycles. The molecule has 0 radical (unpaired) electrons. The Morgan fingerprint density at radius 1 is 1.17 bits per heavy atom. The van der Waals surface area contributed by atoms with Gasteiger partial charge in [0.25, 0.3) is 5.91 Å². The van der Waals surface area contributed by atoms with Crippen LogP contribution in [0.4, 0.5) is 4.39 Å². The number of benzene rings is 2. The molecule has 1 amide bonds. The van der Waals surface area contributed by atoms with Crippen LogP contribution in [0.2, 0.25) is 0 Å². The molecule has 2 aromatic rings. The Bertz CT molecular complexity index is 560. The van der Waals surface area contributed by atoms with Gasteiger partial charge in [0.2, 0.25) is 0 Å². The van der Waals surface area contributed by atoms with Crippen molar-refractivity contribution in [2.24, 2.45) is 0 Å². The van der Waals surface area contributed by atoms with Gasteiger partial charge >= 0.3 is 0 Å². The summed E-state index contributed by atoms with van der Waals surface area (Å²) < 4.78 is 14.0. The van der Waals surface area contributed by atoms with Crippen LogP contribution in [0.3, 0.4) is 0 Å². The largest absolute Gasteiger partial charge is 0.376 e. The van der Waals surface area contributed by atoms with Crippen LogP contribution in [0.25, 0.3) is 0 Å². The quantitative estimate of drug-likeness (QED) is 0.883. The molecule has 5 heteroatoms. The third-order valence-electron chi connectivity index (χ3n) is 2.18. The van der Waals surface area contributed by atoms with Crippen LogP contribution in [0.5, 0.6) is 5.75 Å². The van der Waals surface area contributed by atoms with Crippen molar-refractivity contribution in [1.82, 2.24) is 5.48 Å². The monoisotopic (exact) mass is 309 g/mol. The molecular weight excluding hydrogens is 301 g/mol. The molecular formula is C13H9BrFNO2. The SMILES string of the molecule is O=C(NOc1cc(Br)ccc1F)c1ccccc1. The van der Waals surface area contributed by atoms with Gasteiger partial charge in [-0.2, -0.15) is 5.48 Å². The maximum Gasteiger partial charge on any atom is 0.283 e. The lowest BCUT2D eigenvalue weighted by molar-refractivity contribution is 0.0752. The third-order valence-corrected chi connectivity index (χ3v) is 2.68. The van der Waals surface area contributed by atoms with Crippen LogP contribution < -0.4 is 10.3 Å². The molecule has 0 bridgehead atoms. The van der Waals surface area contributed by atoms with Crippen molar-refractivity contribution < 1.29 is 14.0 Å². The fourth-order valence-electron chi connectivity index (χ4n) is 1.31. The molecule has 1 N–H and O–H groups in total. The van der Waals surface area contributed by atoms with Gasteiger partial charge in [0.05, 0.1) is 0 Å². The predicted octanol–water partition coefficient (Wildman–Crippen LogP) is 3.31. The summed E-state index contributed by atoms with van der Waals surface area (Å²) in [4.78, 5) is 16.6. The second kappa shape index (κ2) is 5.64. The number of carbonyl (C=O) groups is 1. The summed E-state index contributed by atoms with van der Waals surface area (Å²) in [6.07, 6.45) is 0. The smallest absolute Gasteiger partial charge is 0.283 e. The van der Waals surface area contributed by atoms with E-state index < -0.39 is 11.7 Å². The fourth-order valence-corrected chi connectivity index (χ4v) is 1.65. The second-order valence-electron chi connectivity index (χ2n) is 3.47. The molecule has 2 rings (SSSR count). The molecule has 0 spiro atoms. The molecule has 0 saturated carbocycles. The van der Waals surface area contributed by atoms with E-state index in [1.165, 1.54) is 12.1 Å². The lowest BCUT2D eigenvalue weighted by Gasteiger charge is -2.08. The van der Waals surface area contributed by atoms with E-state index in [1.54, 1.807) is 36.4 Å². The van der Waals surface area contributed by atoms with E-state index in [-0.39, 0.29) is 5.75 Å². The van der Waals surface area contributed by atoms with Gasteiger partial charge in [-0.25, -0.2) is 4.39 Å². The molecule has 2 aromatic carbocycles. The topological polar surface area (TPSA) is 38.3 Å². The highest BCUT2D eigenvalue weighted by atomic mass is 79.9. The lowest BCUT2D eigenvalue weighted by atomic mass is 10.2. The van der Waals surface area contributed by atoms with Crippen LogP contribution in [0.15, 0.2) is 53.0 Å². The van der Waals surface area contributed by atoms with Crippen molar-refractivity contribution in [3.8, 4) is 5.75 Å². The number of amides is 1. The Hall–Kier alpha value is -1.88. The normalized spacial score (nSPS) is 9.89. The first kappa shape index (κ1) is 12.6. The zero-order valence-electron chi connectivity index (χ0n) is 9.19. The molecule has 0 unspecified atom stereocenters. The first-order chi connectivity index (χ1) is 8.66. The van der Waals surface area contributed by atoms with Gasteiger partial charge in [-0.1, -0.05) is 34.1 Å². The highest BCUT2D eigenvalue weighted by Gasteiger charge is 2.08. The van der Waals surface area contributed by atoms with Crippen molar-refractivity contribution in [3.05, 3.63) is 64.4 Å². The molecule has 3 nitrogen and oxygen atoms in total. The summed E-state index contributed by atoms with van der Waals surface area (Å²) in [5.41, 5.74) is 2.62. The number of rotatable bonds is 3. The number of hydrogen-bond donors (Lipinski definition) is 1. The van der Waals surface area contributed by atoms with Crippen LogP contribution in [-0.4, -0.2) is 5.91 Å². The summed E-state index contributed by atoms with van der Waals surface area (Å²) in [6, 6.07) is 12.7. The van der Waals surface area contributed by atoms with E-state index in [2.05, 4.69) is 21.4 Å². The Balaban J connectivity index is 2.04. The van der Waals surface area contributed by atoms with E-state index in [0.717, 1.165) is 0 Å². The standard InChI is InChI=1S/C13H9BrFNO2/c14-10-6-7-11(15)12(8-10)18-16-13(17)9-4-2-1-3-5-9/h1-8H,(H,16,17). The maximum absolute atomic E-state index is 13.3. The number of carbonyl (C=O) groups excluding carboxylic acids is 1. The minimum atomic E-state index is -0.549. The van der Waals surface area contributed by atoms with Gasteiger partial charge in [-0.15, -0.1) is 0 Å². The first-order valence-corrected chi connectivity index (χ1v) is 5.93. The van der Waals surface area contributed by atoms with Gasteiger partial charge in [0, 0.05) is 16.1 Å². The molecule has 0 atom stereocenters. The Kier molecular flexibility index (Phi) is 3.94. The summed E-state index contributed by atoms with van der Waals surface area (Å²) in [7, 11) is 0. The maximum atomic E-state index is 13.3. The van der Waals surface area contributed by atoms with Crippen molar-refractivity contribution in [1.29, 1.82) is 0 Å². The van der Waals surface area contributed by atoms with Gasteiger partial charge < -0.3 is 4.84 Å². The summed E-state index contributed by atoms with van der Waals surface area (Å²) in [6.45, 7) is 0. The predicted molar refractivity (Wildman–Crippen MR) is 68.6 cm³/mol. The summed E-state index contributed by atoms with van der Waals surface area (Å²) >= 11 is 3.19. The van der Waals surface area contributed by atoms with Gasteiger partial charge in [-0.05, 0) is 24.3 Å². The van der Waals surface area contributed by atoms with Crippen molar-refractivity contribution in [3.63, 3.8) is 0 Å². The van der Waals surface area contributed by atoms with E-state index in [1.807, 2.05) is 0 Å². The van der Waals surface area contributed by atoms with E-state index >= 15 is 0 Å². The van der Waals surface area contributed by atoms with E-state index in [4.69, 9.17) is 4.84 Å². The van der Waals surface area contributed by atoms with E-state index in [9.17, 15) is 9.18 Å². The van der Waals surface area contributed by atoms with Crippen molar-refractivity contribution in [2.45, 2.75) is 0 Å². The van der Waals surface area contributed by atoms with Crippen LogP contribution in [0, 0.1) is 5.82 Å². The van der Waals surface area contributed by atoms with E-state index in [0.29, 0.717) is 10.0 Å². The molecule has 0 aliphatic rings. The van der Waals surface area contributed by atoms with Crippen LogP contribution in [-0.2, 0) is 0 Å². The Labute approximate surface area is 112 Å². The minimum absolute atomic E-state index is 0.0475. The van der Waals surface area contributed by atoms with Crippen LogP contribution >= 0.6 is 15.9 Å². The molecule has 0 aliphatic heterocycles. The lowest BCUT2D eigenvalue weighted by Crippen LogP contribution is -2.27. The zero-order valence-corrected chi connectivity index (χ0v) is 10.8. The van der Waals surface area contributed by atoms with Gasteiger partial charge in [0.15, 0.2) is 11.6 Å². The molecule has 0 fully saturated rings. The number of hydrogen-bond acceptors (Lipinski definition) is 2. The highest BCUT2D eigenvalue weighted by Crippen LogP contribution is 2.21. The fraction of sp³-hybridized carbons (Fsp3) is 0. The number of hydroxylamine groups is 1. The third kappa shape index (κ3) is 3.07. The summed E-state index contributed by atoms with van der Waals surface area (Å²) in [5.74, 6) is -1.03. The van der Waals surface area contributed by atoms with Gasteiger partial charge in [0.1, 0.15) is 0 Å². The number of nitrogens with one attached hydrogen (secondary N) is 1. The first-order valence-electron chi connectivity index (χ1n) is 5.14. The summed E-state index contributed by atoms with van der Waals surface area (Å²) in [5, 5.41) is 0. The molecule has 92 valence electrons.